The summed E-state index contributed by atoms with van der Waals surface area (Å²) in [4.78, 5) is 3.20. The minimum atomic E-state index is -4.68. The first-order valence-corrected chi connectivity index (χ1v) is 4.39. The number of nitrogens with zero attached hydrogens (tertiary/aromatic N) is 1. The minimum Gasteiger partial charge on any atom is -0.505 e. The van der Waals surface area contributed by atoms with Gasteiger partial charge in [0, 0.05) is 5.56 Å². The van der Waals surface area contributed by atoms with Crippen LogP contribution in [0.5, 0.6) is 5.75 Å². The largest absolute Gasteiger partial charge is 0.505 e. The summed E-state index contributed by atoms with van der Waals surface area (Å²) in [5.41, 5.74) is -0.00391. The zero-order chi connectivity index (χ0) is 12.6. The minimum absolute atomic E-state index is 0.128. The summed E-state index contributed by atoms with van der Waals surface area (Å²) in [6, 6.07) is 3.08. The highest BCUT2D eigenvalue weighted by atomic mass is 19.4. The molecule has 0 aliphatic rings. The molecule has 0 radical (unpaired) electrons. The van der Waals surface area contributed by atoms with Crippen LogP contribution in [0.1, 0.15) is 5.89 Å². The van der Waals surface area contributed by atoms with Crippen LogP contribution in [0.2, 0.25) is 0 Å². The maximum atomic E-state index is 12.7. The topological polar surface area (TPSA) is 46.3 Å². The van der Waals surface area contributed by atoms with Gasteiger partial charge in [-0.2, -0.15) is 13.2 Å². The number of phenolic OH excluding ortho intramolecular Hbond substituents is 1. The van der Waals surface area contributed by atoms with Crippen LogP contribution in [0.15, 0.2) is 28.9 Å². The Hall–Kier alpha value is -2.05. The average Bonchev–Trinajstić information content (AvgIpc) is 2.70. The van der Waals surface area contributed by atoms with Crippen molar-refractivity contribution in [1.82, 2.24) is 4.98 Å². The van der Waals surface area contributed by atoms with Gasteiger partial charge in [0.05, 0.1) is 0 Å². The van der Waals surface area contributed by atoms with Crippen LogP contribution < -0.4 is 0 Å². The third-order valence-electron chi connectivity index (χ3n) is 1.99. The van der Waals surface area contributed by atoms with E-state index < -0.39 is 23.6 Å². The van der Waals surface area contributed by atoms with Crippen LogP contribution >= 0.6 is 0 Å². The molecule has 90 valence electrons. The fraction of sp³-hybridized carbons (Fsp3) is 0.100. The van der Waals surface area contributed by atoms with Crippen molar-refractivity contribution in [3.8, 4) is 17.0 Å². The van der Waals surface area contributed by atoms with Crippen molar-refractivity contribution in [2.45, 2.75) is 6.18 Å². The summed E-state index contributed by atoms with van der Waals surface area (Å²) < 4.78 is 53.6. The van der Waals surface area contributed by atoms with Gasteiger partial charge in [-0.1, -0.05) is 0 Å². The Morgan fingerprint density at radius 2 is 1.94 bits per heavy atom. The number of aromatic nitrogens is 1. The number of oxazole rings is 1. The predicted octanol–water partition coefficient (Wildman–Crippen LogP) is 3.21. The molecular weight excluding hydrogens is 242 g/mol. The molecule has 17 heavy (non-hydrogen) atoms. The van der Waals surface area contributed by atoms with E-state index >= 15 is 0 Å². The molecule has 0 atom stereocenters. The first-order chi connectivity index (χ1) is 7.88. The van der Waals surface area contributed by atoms with Crippen molar-refractivity contribution in [3.63, 3.8) is 0 Å². The summed E-state index contributed by atoms with van der Waals surface area (Å²) >= 11 is 0. The Balaban J connectivity index is 2.40. The lowest BCUT2D eigenvalue weighted by molar-refractivity contribution is -0.157. The molecular formula is C10H5F4NO2. The highest BCUT2D eigenvalue weighted by Gasteiger charge is 2.37. The van der Waals surface area contributed by atoms with Crippen molar-refractivity contribution >= 4 is 0 Å². The van der Waals surface area contributed by atoms with Gasteiger partial charge >= 0.3 is 12.1 Å². The second-order valence-electron chi connectivity index (χ2n) is 3.20. The lowest BCUT2D eigenvalue weighted by Gasteiger charge is -1.99. The number of phenols is 1. The van der Waals surface area contributed by atoms with Gasteiger partial charge in [-0.05, 0) is 18.2 Å². The van der Waals surface area contributed by atoms with Gasteiger partial charge in [0.2, 0.25) is 0 Å². The fourth-order valence-corrected chi connectivity index (χ4v) is 1.21. The molecule has 0 spiro atoms. The molecule has 1 heterocycles. The summed E-state index contributed by atoms with van der Waals surface area (Å²) in [5.74, 6) is -2.93. The van der Waals surface area contributed by atoms with Gasteiger partial charge in [0.15, 0.2) is 11.6 Å². The van der Waals surface area contributed by atoms with Gasteiger partial charge < -0.3 is 9.52 Å². The van der Waals surface area contributed by atoms with Crippen LogP contribution in [0.4, 0.5) is 17.6 Å². The first-order valence-electron chi connectivity index (χ1n) is 4.39. The number of benzene rings is 1. The molecule has 0 saturated heterocycles. The molecule has 2 rings (SSSR count). The van der Waals surface area contributed by atoms with Gasteiger partial charge in [-0.3, -0.25) is 0 Å². The average molecular weight is 247 g/mol. The lowest BCUT2D eigenvalue weighted by Crippen LogP contribution is -2.04. The Bertz CT molecular complexity index is 547. The van der Waals surface area contributed by atoms with E-state index in [4.69, 9.17) is 5.11 Å². The van der Waals surface area contributed by atoms with Crippen LogP contribution in [0.25, 0.3) is 11.3 Å². The predicted molar refractivity (Wildman–Crippen MR) is 48.6 cm³/mol. The molecule has 3 nitrogen and oxygen atoms in total. The Labute approximate surface area is 92.3 Å². The molecule has 0 amide bonds. The van der Waals surface area contributed by atoms with Gasteiger partial charge in [-0.25, -0.2) is 9.37 Å². The fourth-order valence-electron chi connectivity index (χ4n) is 1.21. The van der Waals surface area contributed by atoms with Crippen LogP contribution in [0, 0.1) is 5.82 Å². The van der Waals surface area contributed by atoms with Gasteiger partial charge in [-0.15, -0.1) is 0 Å². The Kier molecular flexibility index (Phi) is 2.53. The maximum Gasteiger partial charge on any atom is 0.468 e. The quantitative estimate of drug-likeness (QED) is 0.787. The van der Waals surface area contributed by atoms with Crippen LogP contribution in [-0.2, 0) is 6.18 Å². The molecule has 7 heteroatoms. The standard InChI is InChI=1S/C10H5F4NO2/c11-6-2-1-5(3-8(6)16)7-4-17-9(15-7)10(12,13)14/h1-4,16H. The number of hydrogen-bond acceptors (Lipinski definition) is 3. The van der Waals surface area contributed by atoms with Crippen molar-refractivity contribution in [3.05, 3.63) is 36.2 Å². The van der Waals surface area contributed by atoms with Gasteiger partial charge in [0.1, 0.15) is 12.0 Å². The lowest BCUT2D eigenvalue weighted by atomic mass is 10.1. The molecule has 0 bridgehead atoms. The SMILES string of the molecule is Oc1cc(-c2coc(C(F)(F)F)n2)ccc1F. The van der Waals surface area contributed by atoms with E-state index in [-0.39, 0.29) is 11.3 Å². The maximum absolute atomic E-state index is 12.7. The molecule has 0 unspecified atom stereocenters. The second kappa shape index (κ2) is 3.76. The zero-order valence-corrected chi connectivity index (χ0v) is 8.12. The first kappa shape index (κ1) is 11.4. The molecule has 1 aromatic carbocycles. The van der Waals surface area contributed by atoms with Crippen molar-refractivity contribution in [2.24, 2.45) is 0 Å². The smallest absolute Gasteiger partial charge is 0.468 e. The summed E-state index contributed by atoms with van der Waals surface area (Å²) in [6.07, 6.45) is -3.89. The third-order valence-corrected chi connectivity index (χ3v) is 1.99. The van der Waals surface area contributed by atoms with E-state index in [1.54, 1.807) is 0 Å². The molecule has 1 N–H and O–H groups in total. The molecule has 0 aliphatic carbocycles. The van der Waals surface area contributed by atoms with E-state index in [2.05, 4.69) is 9.40 Å². The number of rotatable bonds is 1. The Morgan fingerprint density at radius 3 is 2.47 bits per heavy atom. The number of hydrogen-bond donors (Lipinski definition) is 1. The summed E-state index contributed by atoms with van der Waals surface area (Å²) in [7, 11) is 0. The van der Waals surface area contributed by atoms with Crippen LogP contribution in [-0.4, -0.2) is 10.1 Å². The van der Waals surface area contributed by atoms with Gasteiger partial charge in [0.25, 0.3) is 0 Å². The molecule has 2 aromatic rings. The highest BCUT2D eigenvalue weighted by molar-refractivity contribution is 5.60. The number of aromatic hydroxyl groups is 1. The van der Waals surface area contributed by atoms with E-state index in [1.165, 1.54) is 6.07 Å². The Morgan fingerprint density at radius 1 is 1.24 bits per heavy atom. The summed E-state index contributed by atoms with van der Waals surface area (Å²) in [6.45, 7) is 0. The molecule has 0 aliphatic heterocycles. The zero-order valence-electron chi connectivity index (χ0n) is 8.12. The van der Waals surface area contributed by atoms with Crippen LogP contribution in [0.3, 0.4) is 0 Å². The summed E-state index contributed by atoms with van der Waals surface area (Å²) in [5, 5.41) is 9.07. The van der Waals surface area contributed by atoms with Crippen molar-refractivity contribution in [1.29, 1.82) is 0 Å². The van der Waals surface area contributed by atoms with E-state index in [1.807, 2.05) is 0 Å². The third kappa shape index (κ3) is 2.22. The van der Waals surface area contributed by atoms with E-state index in [9.17, 15) is 17.6 Å². The van der Waals surface area contributed by atoms with Crippen molar-refractivity contribution in [2.75, 3.05) is 0 Å². The van der Waals surface area contributed by atoms with E-state index in [0.717, 1.165) is 18.4 Å². The highest BCUT2D eigenvalue weighted by Crippen LogP contribution is 2.31. The number of alkyl halides is 3. The van der Waals surface area contributed by atoms with Crippen molar-refractivity contribution < 1.29 is 27.1 Å². The molecule has 1 aromatic heterocycles. The number of halogens is 4. The molecule has 0 saturated carbocycles. The monoisotopic (exact) mass is 247 g/mol. The second-order valence-corrected chi connectivity index (χ2v) is 3.20. The molecule has 0 fully saturated rings. The normalized spacial score (nSPS) is 11.8. The van der Waals surface area contributed by atoms with E-state index in [0.29, 0.717) is 0 Å².